The number of benzene rings is 1. The molecule has 2 fully saturated rings. The number of anilines is 1. The number of hydrogen-bond donors (Lipinski definition) is 1. The summed E-state index contributed by atoms with van der Waals surface area (Å²) >= 11 is 0. The molecule has 1 aliphatic heterocycles. The van der Waals surface area contributed by atoms with Gasteiger partial charge >= 0.3 is 10.2 Å². The number of hydrogen-bond acceptors (Lipinski definition) is 6. The number of rotatable bonds is 8. The summed E-state index contributed by atoms with van der Waals surface area (Å²) in [5.41, 5.74) is -0.241. The molecule has 2 amide bonds. The Morgan fingerprint density at radius 3 is 2.31 bits per heavy atom. The zero-order chi connectivity index (χ0) is 31.0. The van der Waals surface area contributed by atoms with Crippen LogP contribution in [0.25, 0.3) is 0 Å². The van der Waals surface area contributed by atoms with Crippen LogP contribution in [0.4, 0.5) is 33.9 Å². The Kier molecular flexibility index (Phi) is 7.92. The average molecular weight is 624 g/mol. The minimum absolute atomic E-state index is 0.0119. The second kappa shape index (κ2) is 10.6. The van der Waals surface area contributed by atoms with Crippen molar-refractivity contribution in [2.75, 3.05) is 18.6 Å². The molecule has 0 spiro atoms. The predicted octanol–water partition coefficient (Wildman–Crippen LogP) is 6.08. The van der Waals surface area contributed by atoms with Crippen LogP contribution in [-0.4, -0.2) is 59.5 Å². The normalized spacial score (nSPS) is 23.3. The van der Waals surface area contributed by atoms with Gasteiger partial charge in [0.05, 0.1) is 12.6 Å². The van der Waals surface area contributed by atoms with Crippen LogP contribution < -0.4 is 10.2 Å². The predicted molar refractivity (Wildman–Crippen MR) is 139 cm³/mol. The third-order valence-corrected chi connectivity index (χ3v) is 8.54. The van der Waals surface area contributed by atoms with Crippen molar-refractivity contribution >= 4 is 27.7 Å². The molecule has 4 rings (SSSR count). The Hall–Kier alpha value is -3.58. The molecular formula is C26H28F7N5O3S. The number of amides is 2. The standard InChI is InChI=1S/C26H28F7N5O3S/c1-41-20-13-22(37(15-20)16-34)25(40)38(19-4-6-21(7-5-19)42(29,30,31,32)33)23(17-3-2-12-35-14-17)24(39)36-18-8-10-26(27,28)11-9-18/h2-7,12,14,18,20,22-23H,8-11,13,15H2,1H3,(H,36,39)/t20-,22-,23?/m1/s1. The molecule has 1 saturated heterocycles. The van der Waals surface area contributed by atoms with E-state index in [4.69, 9.17) is 4.74 Å². The van der Waals surface area contributed by atoms with Crippen molar-refractivity contribution < 1.29 is 42.5 Å². The molecule has 1 unspecified atom stereocenters. The highest BCUT2D eigenvalue weighted by Gasteiger charge is 2.65. The van der Waals surface area contributed by atoms with E-state index in [0.717, 1.165) is 9.80 Å². The van der Waals surface area contributed by atoms with Crippen molar-refractivity contribution in [3.05, 3.63) is 54.4 Å². The van der Waals surface area contributed by atoms with E-state index in [0.29, 0.717) is 12.1 Å². The molecule has 0 bridgehead atoms. The average Bonchev–Trinajstić information content (AvgIpc) is 3.35. The minimum Gasteiger partial charge on any atom is -0.379 e. The van der Waals surface area contributed by atoms with Gasteiger partial charge in [-0.1, -0.05) is 25.5 Å². The first-order chi connectivity index (χ1) is 19.4. The number of carbonyl (C=O) groups excluding carboxylic acids is 2. The van der Waals surface area contributed by atoms with Crippen LogP contribution in [0, 0.1) is 11.5 Å². The Bertz CT molecular complexity index is 1350. The second-order valence-corrected chi connectivity index (χ2v) is 12.8. The largest absolute Gasteiger partial charge is 0.379 e. The lowest BCUT2D eigenvalue weighted by Crippen LogP contribution is -2.52. The van der Waals surface area contributed by atoms with Crippen LogP contribution in [0.2, 0.25) is 0 Å². The monoisotopic (exact) mass is 623 g/mol. The fraction of sp³-hybridized carbons (Fsp3) is 0.462. The Balaban J connectivity index is 1.80. The molecule has 2 aromatic rings. The molecular weight excluding hydrogens is 595 g/mol. The number of aromatic nitrogens is 1. The van der Waals surface area contributed by atoms with Gasteiger partial charge < -0.3 is 10.1 Å². The summed E-state index contributed by atoms with van der Waals surface area (Å²) < 4.78 is 100. The maximum atomic E-state index is 14.1. The van der Waals surface area contributed by atoms with Gasteiger partial charge in [-0.15, -0.1) is 0 Å². The third kappa shape index (κ3) is 7.06. The first-order valence-electron chi connectivity index (χ1n) is 12.9. The molecule has 8 nitrogen and oxygen atoms in total. The lowest BCUT2D eigenvalue weighted by molar-refractivity contribution is -0.129. The lowest BCUT2D eigenvalue weighted by atomic mass is 9.91. The van der Waals surface area contributed by atoms with Crippen molar-refractivity contribution in [3.63, 3.8) is 0 Å². The minimum atomic E-state index is -10.1. The smallest absolute Gasteiger partial charge is 0.310 e. The van der Waals surface area contributed by atoms with Gasteiger partial charge in [-0.05, 0) is 43.2 Å². The maximum Gasteiger partial charge on any atom is 0.310 e. The number of ether oxygens (including phenoxy) is 1. The van der Waals surface area contributed by atoms with Crippen molar-refractivity contribution in [2.24, 2.45) is 0 Å². The van der Waals surface area contributed by atoms with Crippen LogP contribution in [0.5, 0.6) is 0 Å². The summed E-state index contributed by atoms with van der Waals surface area (Å²) in [5, 5.41) is 12.3. The molecule has 2 heterocycles. The molecule has 1 aromatic heterocycles. The molecule has 42 heavy (non-hydrogen) atoms. The van der Waals surface area contributed by atoms with E-state index >= 15 is 0 Å². The molecule has 1 saturated carbocycles. The summed E-state index contributed by atoms with van der Waals surface area (Å²) in [7, 11) is -8.71. The number of alkyl halides is 2. The number of carbonyl (C=O) groups is 2. The summed E-state index contributed by atoms with van der Waals surface area (Å²) in [6.45, 7) is 0.0143. The number of halogens is 7. The molecule has 230 valence electrons. The van der Waals surface area contributed by atoms with Gasteiger partial charge in [0.1, 0.15) is 17.0 Å². The van der Waals surface area contributed by atoms with E-state index in [1.807, 2.05) is 6.19 Å². The first-order valence-corrected chi connectivity index (χ1v) is 14.8. The van der Waals surface area contributed by atoms with Crippen molar-refractivity contribution in [1.82, 2.24) is 15.2 Å². The highest BCUT2D eigenvalue weighted by Crippen LogP contribution is 3.02. The third-order valence-electron chi connectivity index (χ3n) is 7.38. The van der Waals surface area contributed by atoms with Gasteiger partial charge in [0.15, 0.2) is 6.19 Å². The Morgan fingerprint density at radius 1 is 1.14 bits per heavy atom. The zero-order valence-electron chi connectivity index (χ0n) is 22.2. The van der Waals surface area contributed by atoms with Gasteiger partial charge in [0.2, 0.25) is 11.8 Å². The zero-order valence-corrected chi connectivity index (χ0v) is 23.1. The Labute approximate surface area is 237 Å². The molecule has 16 heteroatoms. The van der Waals surface area contributed by atoms with Crippen LogP contribution in [0.15, 0.2) is 53.7 Å². The van der Waals surface area contributed by atoms with Crippen LogP contribution in [-0.2, 0) is 14.3 Å². The topological polar surface area (TPSA) is 98.6 Å². The molecule has 1 aliphatic carbocycles. The lowest BCUT2D eigenvalue weighted by Gasteiger charge is -2.41. The number of nitrogens with one attached hydrogen (secondary N) is 1. The van der Waals surface area contributed by atoms with Crippen molar-refractivity contribution in [1.29, 1.82) is 5.26 Å². The maximum absolute atomic E-state index is 14.1. The van der Waals surface area contributed by atoms with E-state index in [-0.39, 0.29) is 49.2 Å². The number of likely N-dealkylation sites (tertiary alicyclic amines) is 1. The van der Waals surface area contributed by atoms with Gasteiger partial charge in [-0.25, -0.2) is 8.78 Å². The van der Waals surface area contributed by atoms with E-state index in [1.54, 1.807) is 0 Å². The van der Waals surface area contributed by atoms with E-state index in [9.17, 15) is 43.1 Å². The number of nitriles is 1. The molecule has 3 atom stereocenters. The fourth-order valence-corrected chi connectivity index (χ4v) is 5.81. The summed E-state index contributed by atoms with van der Waals surface area (Å²) in [6.07, 6.45) is 2.80. The Morgan fingerprint density at radius 2 is 1.79 bits per heavy atom. The van der Waals surface area contributed by atoms with E-state index < -0.39 is 69.9 Å². The van der Waals surface area contributed by atoms with E-state index in [1.165, 1.54) is 31.6 Å². The van der Waals surface area contributed by atoms with Gasteiger partial charge in [-0.3, -0.25) is 24.4 Å². The molecule has 1 aromatic carbocycles. The van der Waals surface area contributed by atoms with Gasteiger partial charge in [-0.2, -0.15) is 5.26 Å². The van der Waals surface area contributed by atoms with Crippen LogP contribution in [0.3, 0.4) is 0 Å². The SMILES string of the molecule is CO[C@@H]1C[C@H](C(=O)N(c2ccc(S(F)(F)(F)(F)F)cc2)C(C(=O)NC2CCC(F)(F)CC2)c2cccnc2)N(C#N)C1. The van der Waals surface area contributed by atoms with Crippen molar-refractivity contribution in [2.45, 2.75) is 67.2 Å². The summed E-state index contributed by atoms with van der Waals surface area (Å²) in [5.74, 6) is -4.64. The second-order valence-electron chi connectivity index (χ2n) is 10.4. The highest BCUT2D eigenvalue weighted by atomic mass is 32.5. The molecule has 2 aliphatic rings. The molecule has 0 radical (unpaired) electrons. The van der Waals surface area contributed by atoms with Gasteiger partial charge in [0, 0.05) is 56.1 Å². The number of nitrogens with zero attached hydrogens (tertiary/aromatic N) is 4. The summed E-state index contributed by atoms with van der Waals surface area (Å²) in [4.78, 5) is 31.6. The van der Waals surface area contributed by atoms with Crippen LogP contribution >= 0.6 is 10.2 Å². The van der Waals surface area contributed by atoms with Gasteiger partial charge in [0.25, 0.3) is 5.91 Å². The fourth-order valence-electron chi connectivity index (χ4n) is 5.16. The summed E-state index contributed by atoms with van der Waals surface area (Å²) in [6, 6.07) is 0.866. The van der Waals surface area contributed by atoms with Crippen molar-refractivity contribution in [3.8, 4) is 6.19 Å². The highest BCUT2D eigenvalue weighted by molar-refractivity contribution is 8.45. The molecule has 1 N–H and O–H groups in total. The quantitative estimate of drug-likeness (QED) is 0.283. The number of pyridine rings is 1. The van der Waals surface area contributed by atoms with Crippen LogP contribution in [0.1, 0.15) is 43.7 Å². The van der Waals surface area contributed by atoms with E-state index in [2.05, 4.69) is 10.3 Å². The first kappa shape index (κ1) is 31.4. The number of methoxy groups -OCH3 is 1.